The maximum absolute atomic E-state index is 12.0. The summed E-state index contributed by atoms with van der Waals surface area (Å²) in [5.41, 5.74) is 0. The lowest BCUT2D eigenvalue weighted by Crippen LogP contribution is -2.49. The van der Waals surface area contributed by atoms with Crippen molar-refractivity contribution in [1.29, 1.82) is 0 Å². The summed E-state index contributed by atoms with van der Waals surface area (Å²) in [5.74, 6) is -0.793. The van der Waals surface area contributed by atoms with Crippen LogP contribution in [-0.2, 0) is 4.79 Å². The van der Waals surface area contributed by atoms with Gasteiger partial charge in [-0.25, -0.2) is 9.59 Å². The molecule has 102 valence electrons. The highest BCUT2D eigenvalue weighted by Crippen LogP contribution is 2.32. The Balaban J connectivity index is 1.87. The van der Waals surface area contributed by atoms with Gasteiger partial charge in [0.1, 0.15) is 6.04 Å². The fourth-order valence-corrected chi connectivity index (χ4v) is 2.28. The van der Waals surface area contributed by atoms with E-state index in [9.17, 15) is 9.59 Å². The number of rotatable bonds is 3. The second kappa shape index (κ2) is 5.56. The largest absolute Gasteiger partial charge is 0.480 e. The van der Waals surface area contributed by atoms with Gasteiger partial charge in [-0.1, -0.05) is 0 Å². The molecule has 2 amide bonds. The van der Waals surface area contributed by atoms with Crippen molar-refractivity contribution < 1.29 is 14.7 Å². The minimum Gasteiger partial charge on any atom is -0.480 e. The highest BCUT2D eigenvalue weighted by Gasteiger charge is 2.38. The molecule has 1 aliphatic heterocycles. The summed E-state index contributed by atoms with van der Waals surface area (Å²) < 4.78 is 0. The van der Waals surface area contributed by atoms with E-state index in [2.05, 4.69) is 10.2 Å². The molecule has 1 aliphatic carbocycles. The van der Waals surface area contributed by atoms with Crippen LogP contribution in [0.2, 0.25) is 0 Å². The van der Waals surface area contributed by atoms with Gasteiger partial charge in [-0.15, -0.1) is 0 Å². The van der Waals surface area contributed by atoms with Gasteiger partial charge < -0.3 is 20.2 Å². The first-order valence-corrected chi connectivity index (χ1v) is 6.54. The van der Waals surface area contributed by atoms with Crippen LogP contribution in [0.3, 0.4) is 0 Å². The van der Waals surface area contributed by atoms with Gasteiger partial charge in [0.05, 0.1) is 0 Å². The van der Waals surface area contributed by atoms with Crippen LogP contribution in [0.15, 0.2) is 0 Å². The number of urea groups is 1. The SMILES string of the molecule is CN1CCCN(C(=O)NC(C(=O)O)C2CC2)CC1. The summed E-state index contributed by atoms with van der Waals surface area (Å²) in [6.45, 7) is 3.19. The van der Waals surface area contributed by atoms with Gasteiger partial charge in [-0.3, -0.25) is 0 Å². The molecule has 2 fully saturated rings. The first kappa shape index (κ1) is 13.1. The monoisotopic (exact) mass is 255 g/mol. The number of nitrogens with one attached hydrogen (secondary N) is 1. The van der Waals surface area contributed by atoms with E-state index in [4.69, 9.17) is 5.11 Å². The van der Waals surface area contributed by atoms with Gasteiger partial charge in [0.2, 0.25) is 0 Å². The van der Waals surface area contributed by atoms with Crippen molar-refractivity contribution in [3.63, 3.8) is 0 Å². The molecule has 1 saturated carbocycles. The molecule has 1 unspecified atom stereocenters. The second-order valence-electron chi connectivity index (χ2n) is 5.25. The zero-order chi connectivity index (χ0) is 13.1. The Morgan fingerprint density at radius 1 is 1.22 bits per heavy atom. The Labute approximate surface area is 107 Å². The molecule has 1 atom stereocenters. The minimum atomic E-state index is -0.919. The van der Waals surface area contributed by atoms with E-state index < -0.39 is 12.0 Å². The lowest BCUT2D eigenvalue weighted by molar-refractivity contribution is -0.139. The third-order valence-electron chi connectivity index (χ3n) is 3.65. The zero-order valence-corrected chi connectivity index (χ0v) is 10.8. The maximum atomic E-state index is 12.0. The molecule has 0 bridgehead atoms. The summed E-state index contributed by atoms with van der Waals surface area (Å²) in [6.07, 6.45) is 2.74. The molecule has 0 spiro atoms. The molecule has 2 N–H and O–H groups in total. The smallest absolute Gasteiger partial charge is 0.326 e. The molecule has 0 aromatic rings. The van der Waals surface area contributed by atoms with E-state index in [0.717, 1.165) is 32.4 Å². The van der Waals surface area contributed by atoms with E-state index >= 15 is 0 Å². The average Bonchev–Trinajstić information content (AvgIpc) is 3.12. The van der Waals surface area contributed by atoms with E-state index in [-0.39, 0.29) is 11.9 Å². The number of aliphatic carboxylic acids is 1. The highest BCUT2D eigenvalue weighted by molar-refractivity contribution is 5.83. The molecule has 2 rings (SSSR count). The molecule has 1 heterocycles. The van der Waals surface area contributed by atoms with E-state index in [1.807, 2.05) is 7.05 Å². The second-order valence-corrected chi connectivity index (χ2v) is 5.25. The predicted molar refractivity (Wildman–Crippen MR) is 66.4 cm³/mol. The third kappa shape index (κ3) is 3.35. The van der Waals surface area contributed by atoms with E-state index in [1.165, 1.54) is 0 Å². The summed E-state index contributed by atoms with van der Waals surface area (Å²) in [6, 6.07) is -0.942. The van der Waals surface area contributed by atoms with Gasteiger partial charge in [0, 0.05) is 19.6 Å². The summed E-state index contributed by atoms with van der Waals surface area (Å²) >= 11 is 0. The first-order chi connectivity index (χ1) is 8.58. The third-order valence-corrected chi connectivity index (χ3v) is 3.65. The molecule has 6 nitrogen and oxygen atoms in total. The van der Waals surface area contributed by atoms with Crippen LogP contribution in [-0.4, -0.2) is 66.2 Å². The van der Waals surface area contributed by atoms with Crippen molar-refractivity contribution in [1.82, 2.24) is 15.1 Å². The predicted octanol–water partition coefficient (Wildman–Crippen LogP) is 0.197. The normalized spacial score (nSPS) is 23.3. The highest BCUT2D eigenvalue weighted by atomic mass is 16.4. The van der Waals surface area contributed by atoms with E-state index in [1.54, 1.807) is 4.90 Å². The summed E-state index contributed by atoms with van der Waals surface area (Å²) in [5, 5.41) is 11.7. The Kier molecular flexibility index (Phi) is 4.06. The van der Waals surface area contributed by atoms with Gasteiger partial charge in [-0.2, -0.15) is 0 Å². The number of amides is 2. The Morgan fingerprint density at radius 2 is 1.94 bits per heavy atom. The number of carbonyl (C=O) groups is 2. The van der Waals surface area contributed by atoms with Crippen LogP contribution in [0.1, 0.15) is 19.3 Å². The van der Waals surface area contributed by atoms with Crippen LogP contribution in [0.4, 0.5) is 4.79 Å². The number of hydrogen-bond acceptors (Lipinski definition) is 3. The van der Waals surface area contributed by atoms with Gasteiger partial charge in [-0.05, 0) is 38.8 Å². The van der Waals surface area contributed by atoms with Crippen molar-refractivity contribution >= 4 is 12.0 Å². The van der Waals surface area contributed by atoms with Crippen molar-refractivity contribution in [2.45, 2.75) is 25.3 Å². The topological polar surface area (TPSA) is 72.9 Å². The van der Waals surface area contributed by atoms with Crippen molar-refractivity contribution in [2.24, 2.45) is 5.92 Å². The molecule has 0 aromatic carbocycles. The van der Waals surface area contributed by atoms with Crippen molar-refractivity contribution in [3.05, 3.63) is 0 Å². The fourth-order valence-electron chi connectivity index (χ4n) is 2.28. The molecule has 1 saturated heterocycles. The Bertz CT molecular complexity index is 331. The Morgan fingerprint density at radius 3 is 2.56 bits per heavy atom. The van der Waals surface area contributed by atoms with Crippen molar-refractivity contribution in [2.75, 3.05) is 33.2 Å². The molecular formula is C12H21N3O3. The quantitative estimate of drug-likeness (QED) is 0.755. The molecule has 0 radical (unpaired) electrons. The summed E-state index contributed by atoms with van der Waals surface area (Å²) in [7, 11) is 2.03. The number of hydrogen-bond donors (Lipinski definition) is 2. The molecule has 2 aliphatic rings. The van der Waals surface area contributed by atoms with Crippen molar-refractivity contribution in [3.8, 4) is 0 Å². The van der Waals surface area contributed by atoms with Gasteiger partial charge in [0.15, 0.2) is 0 Å². The number of carboxylic acid groups (broad SMARTS) is 1. The van der Waals surface area contributed by atoms with Crippen LogP contribution in [0, 0.1) is 5.92 Å². The van der Waals surface area contributed by atoms with E-state index in [0.29, 0.717) is 13.1 Å². The first-order valence-electron chi connectivity index (χ1n) is 6.54. The fraction of sp³-hybridized carbons (Fsp3) is 0.833. The van der Waals surface area contributed by atoms with Crippen LogP contribution < -0.4 is 5.32 Å². The van der Waals surface area contributed by atoms with Gasteiger partial charge >= 0.3 is 12.0 Å². The maximum Gasteiger partial charge on any atom is 0.326 e. The molecule has 6 heteroatoms. The number of nitrogens with zero attached hydrogens (tertiary/aromatic N) is 2. The standard InChI is InChI=1S/C12H21N3O3/c1-14-5-2-6-15(8-7-14)12(18)13-10(11(16)17)9-3-4-9/h9-10H,2-8H2,1H3,(H,13,18)(H,16,17). The summed E-state index contributed by atoms with van der Waals surface area (Å²) in [4.78, 5) is 27.0. The van der Waals surface area contributed by atoms with Crippen LogP contribution >= 0.6 is 0 Å². The van der Waals surface area contributed by atoms with Crippen LogP contribution in [0.5, 0.6) is 0 Å². The number of likely N-dealkylation sites (N-methyl/N-ethyl adjacent to an activating group) is 1. The molecule has 0 aromatic heterocycles. The number of carboxylic acids is 1. The zero-order valence-electron chi connectivity index (χ0n) is 10.8. The van der Waals surface area contributed by atoms with Crippen LogP contribution in [0.25, 0.3) is 0 Å². The lowest BCUT2D eigenvalue weighted by Gasteiger charge is -2.23. The minimum absolute atomic E-state index is 0.126. The Hall–Kier alpha value is -1.30. The molecule has 18 heavy (non-hydrogen) atoms. The molecular weight excluding hydrogens is 234 g/mol. The van der Waals surface area contributed by atoms with Gasteiger partial charge in [0.25, 0.3) is 0 Å². The lowest BCUT2D eigenvalue weighted by atomic mass is 10.2. The average molecular weight is 255 g/mol. The number of carbonyl (C=O) groups excluding carboxylic acids is 1.